The van der Waals surface area contributed by atoms with Gasteiger partial charge in [-0.05, 0) is 60.8 Å². The Labute approximate surface area is 229 Å². The Bertz CT molecular complexity index is 1340. The highest BCUT2D eigenvalue weighted by Crippen LogP contribution is 2.24. The third-order valence-electron chi connectivity index (χ3n) is 6.70. The van der Waals surface area contributed by atoms with Crippen LogP contribution in [0.1, 0.15) is 40.1 Å². The Kier molecular flexibility index (Phi) is 9.85. The zero-order valence-corrected chi connectivity index (χ0v) is 22.4. The van der Waals surface area contributed by atoms with Crippen LogP contribution < -0.4 is 11.0 Å². The molecule has 0 spiro atoms. The van der Waals surface area contributed by atoms with Crippen molar-refractivity contribution in [1.82, 2.24) is 20.8 Å². The lowest BCUT2D eigenvalue weighted by atomic mass is 10.0. The van der Waals surface area contributed by atoms with Gasteiger partial charge in [0.25, 0.3) is 0 Å². The third-order valence-corrected chi connectivity index (χ3v) is 6.70. The average Bonchev–Trinajstić information content (AvgIpc) is 3.10. The number of nitrogens with zero attached hydrogens (tertiary/aromatic N) is 1. The standard InChI is InChI=1S/C31H35FN4O3/c1-4-26-27-21-33-39-35-30(31(37)36(2)24-12-7-13-25(38-3)17-16-24)20-23-11-5-9-22(19-23)10-6-14-29(27)34-28(26)15-8-18-32/h4-6,8-9,11-17,19,30,33-35H,1,7,10,18,20-21H2,2-3H3/b14-6+,15-8-/t30-/m0/s1. The van der Waals surface area contributed by atoms with Crippen molar-refractivity contribution in [2.75, 3.05) is 20.8 Å². The maximum absolute atomic E-state index is 13.7. The molecule has 2 bridgehead atoms. The molecule has 1 aliphatic carbocycles. The van der Waals surface area contributed by atoms with Crippen LogP contribution in [0, 0.1) is 0 Å². The van der Waals surface area contributed by atoms with Gasteiger partial charge in [-0.3, -0.25) is 4.79 Å². The first-order chi connectivity index (χ1) is 19.0. The summed E-state index contributed by atoms with van der Waals surface area (Å²) in [7, 11) is 3.38. The number of methoxy groups -OCH3 is 1. The van der Waals surface area contributed by atoms with Crippen LogP contribution in [0.15, 0.2) is 78.8 Å². The van der Waals surface area contributed by atoms with E-state index in [9.17, 15) is 9.18 Å². The number of aromatic amines is 1. The van der Waals surface area contributed by atoms with Crippen molar-refractivity contribution in [3.05, 3.63) is 112 Å². The van der Waals surface area contributed by atoms with Crippen LogP contribution in [0.3, 0.4) is 0 Å². The predicted octanol–water partition coefficient (Wildman–Crippen LogP) is 5.18. The molecule has 0 saturated carbocycles. The molecular weight excluding hydrogens is 495 g/mol. The van der Waals surface area contributed by atoms with E-state index in [-0.39, 0.29) is 5.91 Å². The Balaban J connectivity index is 1.60. The fourth-order valence-electron chi connectivity index (χ4n) is 4.65. The van der Waals surface area contributed by atoms with E-state index in [0.29, 0.717) is 25.8 Å². The van der Waals surface area contributed by atoms with Crippen LogP contribution in [-0.2, 0) is 33.9 Å². The van der Waals surface area contributed by atoms with Gasteiger partial charge in [0.15, 0.2) is 0 Å². The first kappa shape index (κ1) is 28.0. The van der Waals surface area contributed by atoms with E-state index in [1.807, 2.05) is 42.5 Å². The van der Waals surface area contributed by atoms with E-state index >= 15 is 0 Å². The fraction of sp³-hybridized carbons (Fsp3) is 0.258. The number of amides is 1. The first-order valence-electron chi connectivity index (χ1n) is 12.9. The normalized spacial score (nSPS) is 18.8. The van der Waals surface area contributed by atoms with Gasteiger partial charge in [-0.2, -0.15) is 11.0 Å². The smallest absolute Gasteiger partial charge is 0.246 e. The van der Waals surface area contributed by atoms with Gasteiger partial charge in [0.2, 0.25) is 5.91 Å². The van der Waals surface area contributed by atoms with Crippen molar-refractivity contribution < 1.29 is 18.9 Å². The number of likely N-dealkylation sites (N-methyl/N-ethyl adjacent to an activating group) is 1. The number of halogens is 1. The maximum Gasteiger partial charge on any atom is 0.246 e. The number of carbonyl (C=O) groups is 1. The topological polar surface area (TPSA) is 78.6 Å². The summed E-state index contributed by atoms with van der Waals surface area (Å²) in [4.78, 5) is 24.3. The molecule has 0 saturated heterocycles. The second-order valence-corrected chi connectivity index (χ2v) is 9.24. The number of alkyl halides is 1. The molecule has 1 aromatic carbocycles. The molecule has 2 heterocycles. The van der Waals surface area contributed by atoms with Crippen LogP contribution in [0.5, 0.6) is 0 Å². The van der Waals surface area contributed by atoms with Crippen molar-refractivity contribution in [3.8, 4) is 0 Å². The van der Waals surface area contributed by atoms with Crippen LogP contribution in [0.2, 0.25) is 0 Å². The number of rotatable bonds is 6. The van der Waals surface area contributed by atoms with Crippen molar-refractivity contribution in [1.29, 1.82) is 0 Å². The summed E-state index contributed by atoms with van der Waals surface area (Å²) in [6.45, 7) is 3.71. The lowest BCUT2D eigenvalue weighted by Gasteiger charge is -2.25. The van der Waals surface area contributed by atoms with E-state index < -0.39 is 12.7 Å². The van der Waals surface area contributed by atoms with E-state index in [1.165, 1.54) is 6.08 Å². The Morgan fingerprint density at radius 3 is 2.90 bits per heavy atom. The summed E-state index contributed by atoms with van der Waals surface area (Å²) in [5, 5.41) is 0. The first-order valence-corrected chi connectivity index (χ1v) is 12.9. The highest BCUT2D eigenvalue weighted by molar-refractivity contribution is 5.84. The van der Waals surface area contributed by atoms with Gasteiger partial charge in [-0.15, -0.1) is 0 Å². The summed E-state index contributed by atoms with van der Waals surface area (Å²) in [6.07, 6.45) is 18.5. The zero-order chi connectivity index (χ0) is 27.6. The van der Waals surface area contributed by atoms with Crippen molar-refractivity contribution in [2.24, 2.45) is 0 Å². The SMILES string of the molecule is C=Cc1c(/C=C\CF)[nH]c2c1CNON[C@H](C(=O)N(C)C1=CCC=C(OC)C=C1)Cc1cccc(c1)C/C=C/2. The molecule has 1 aliphatic heterocycles. The maximum atomic E-state index is 13.7. The Morgan fingerprint density at radius 2 is 2.10 bits per heavy atom. The second kappa shape index (κ2) is 13.7. The lowest BCUT2D eigenvalue weighted by Crippen LogP contribution is -2.47. The molecule has 1 aromatic heterocycles. The van der Waals surface area contributed by atoms with Gasteiger partial charge in [-0.25, -0.2) is 9.33 Å². The largest absolute Gasteiger partial charge is 0.497 e. The number of carbonyl (C=O) groups excluding carboxylic acids is 1. The number of benzene rings is 1. The van der Waals surface area contributed by atoms with Gasteiger partial charge in [0, 0.05) is 35.3 Å². The minimum absolute atomic E-state index is 0.140. The number of fused-ring (bicyclic) bond motifs is 3. The zero-order valence-electron chi connectivity index (χ0n) is 22.4. The minimum atomic E-state index is -0.656. The van der Waals surface area contributed by atoms with Crippen LogP contribution in [-0.4, -0.2) is 42.7 Å². The number of nitrogens with one attached hydrogen (secondary N) is 3. The van der Waals surface area contributed by atoms with E-state index in [0.717, 1.165) is 45.1 Å². The molecule has 39 heavy (non-hydrogen) atoms. The van der Waals surface area contributed by atoms with Crippen LogP contribution >= 0.6 is 0 Å². The summed E-state index contributed by atoms with van der Waals surface area (Å²) in [5.74, 6) is 0.613. The number of hydrogen-bond acceptors (Lipinski definition) is 5. The van der Waals surface area contributed by atoms with E-state index in [1.54, 1.807) is 31.2 Å². The van der Waals surface area contributed by atoms with E-state index in [4.69, 9.17) is 9.68 Å². The molecule has 3 N–H and O–H groups in total. The van der Waals surface area contributed by atoms with E-state index in [2.05, 4.69) is 40.7 Å². The number of aromatic nitrogens is 1. The number of hydroxylamine groups is 2. The second-order valence-electron chi connectivity index (χ2n) is 9.24. The predicted molar refractivity (Wildman–Crippen MR) is 153 cm³/mol. The number of allylic oxidation sites excluding steroid dienone is 6. The molecule has 7 nitrogen and oxygen atoms in total. The number of hydrogen-bond donors (Lipinski definition) is 3. The van der Waals surface area contributed by atoms with Gasteiger partial charge < -0.3 is 14.6 Å². The molecular formula is C31H35FN4O3. The quantitative estimate of drug-likeness (QED) is 0.480. The van der Waals surface area contributed by atoms with Crippen molar-refractivity contribution in [2.45, 2.75) is 31.8 Å². The van der Waals surface area contributed by atoms with Gasteiger partial charge in [0.05, 0.1) is 13.7 Å². The van der Waals surface area contributed by atoms with Crippen LogP contribution in [0.4, 0.5) is 4.39 Å². The molecule has 204 valence electrons. The summed E-state index contributed by atoms with van der Waals surface area (Å²) < 4.78 is 18.1. The third kappa shape index (κ3) is 7.11. The van der Waals surface area contributed by atoms with Crippen LogP contribution in [0.25, 0.3) is 18.2 Å². The average molecular weight is 531 g/mol. The monoisotopic (exact) mass is 530 g/mol. The highest BCUT2D eigenvalue weighted by atomic mass is 19.1. The molecule has 0 fully saturated rings. The van der Waals surface area contributed by atoms with Gasteiger partial charge in [-0.1, -0.05) is 55.1 Å². The summed E-state index contributed by atoms with van der Waals surface area (Å²) in [6, 6.07) is 7.52. The molecule has 0 unspecified atom stereocenters. The summed E-state index contributed by atoms with van der Waals surface area (Å²) in [5.41, 5.74) is 12.2. The Morgan fingerprint density at radius 1 is 1.26 bits per heavy atom. The lowest BCUT2D eigenvalue weighted by molar-refractivity contribution is -0.138. The molecule has 2 aliphatic rings. The summed E-state index contributed by atoms with van der Waals surface area (Å²) >= 11 is 0. The minimum Gasteiger partial charge on any atom is -0.497 e. The molecule has 0 radical (unpaired) electrons. The number of H-pyrrole nitrogens is 1. The molecule has 1 amide bonds. The van der Waals surface area contributed by atoms with Gasteiger partial charge in [0.1, 0.15) is 18.5 Å². The van der Waals surface area contributed by atoms with Gasteiger partial charge >= 0.3 is 0 Å². The molecule has 2 aromatic rings. The fourth-order valence-corrected chi connectivity index (χ4v) is 4.65. The van der Waals surface area contributed by atoms with Crippen molar-refractivity contribution in [3.63, 3.8) is 0 Å². The molecule has 8 heteroatoms. The Hall–Kier alpha value is -3.98. The highest BCUT2D eigenvalue weighted by Gasteiger charge is 2.25. The van der Waals surface area contributed by atoms with Crippen molar-refractivity contribution >= 4 is 24.1 Å². The number of ether oxygens (including phenoxy) is 1. The molecule has 4 rings (SSSR count). The molecule has 1 atom stereocenters.